The number of furan rings is 1. The van der Waals surface area contributed by atoms with Gasteiger partial charge < -0.3 is 24.3 Å². The van der Waals surface area contributed by atoms with Crippen molar-refractivity contribution in [3.8, 4) is 0 Å². The number of esters is 1. The number of hydrogen-bond donors (Lipinski definition) is 1. The van der Waals surface area contributed by atoms with Gasteiger partial charge >= 0.3 is 5.97 Å². The average Bonchev–Trinajstić information content (AvgIpc) is 3.28. The lowest BCUT2D eigenvalue weighted by Crippen LogP contribution is -2.51. The molecule has 1 N–H and O–H groups in total. The Morgan fingerprint density at radius 3 is 2.40 bits per heavy atom. The topological polar surface area (TPSA) is 109 Å². The Bertz CT molecular complexity index is 946. The summed E-state index contributed by atoms with van der Waals surface area (Å²) >= 11 is 0. The third kappa shape index (κ3) is 5.05. The van der Waals surface area contributed by atoms with Crippen LogP contribution in [0.15, 0.2) is 41.0 Å². The Morgan fingerprint density at radius 1 is 1.07 bits per heavy atom. The standard InChI is InChI=1S/C21H23N3O6/c1-14-5-6-16(12-17(14)22-20(27)18-4-3-11-29-18)21(28)30-13-19(26)24-9-7-23(8-10-24)15(2)25/h3-6,11-12H,7-10,13H2,1-2H3,(H,22,27). The smallest absolute Gasteiger partial charge is 0.338 e. The van der Waals surface area contributed by atoms with Gasteiger partial charge in [-0.2, -0.15) is 0 Å². The number of hydrogen-bond acceptors (Lipinski definition) is 6. The lowest BCUT2D eigenvalue weighted by Gasteiger charge is -2.34. The van der Waals surface area contributed by atoms with Gasteiger partial charge in [0.05, 0.1) is 11.8 Å². The van der Waals surface area contributed by atoms with Crippen LogP contribution < -0.4 is 5.32 Å². The molecule has 3 amide bonds. The van der Waals surface area contributed by atoms with Crippen molar-refractivity contribution in [2.75, 3.05) is 38.1 Å². The second-order valence-electron chi connectivity index (χ2n) is 6.92. The van der Waals surface area contributed by atoms with Gasteiger partial charge in [0.15, 0.2) is 12.4 Å². The van der Waals surface area contributed by atoms with Gasteiger partial charge in [-0.3, -0.25) is 14.4 Å². The van der Waals surface area contributed by atoms with Crippen LogP contribution >= 0.6 is 0 Å². The van der Waals surface area contributed by atoms with Crippen LogP contribution in [0.25, 0.3) is 0 Å². The van der Waals surface area contributed by atoms with Gasteiger partial charge in [-0.1, -0.05) is 6.07 Å². The Kier molecular flexibility index (Phi) is 6.51. The van der Waals surface area contributed by atoms with Crippen LogP contribution in [0.3, 0.4) is 0 Å². The van der Waals surface area contributed by atoms with E-state index in [1.165, 1.54) is 25.3 Å². The number of carbonyl (C=O) groups is 4. The molecule has 1 aliphatic heterocycles. The van der Waals surface area contributed by atoms with E-state index in [4.69, 9.17) is 9.15 Å². The fraction of sp³-hybridized carbons (Fsp3) is 0.333. The summed E-state index contributed by atoms with van der Waals surface area (Å²) in [7, 11) is 0. The largest absolute Gasteiger partial charge is 0.459 e. The van der Waals surface area contributed by atoms with Crippen LogP contribution in [-0.2, 0) is 14.3 Å². The molecule has 0 bridgehead atoms. The molecule has 0 unspecified atom stereocenters. The van der Waals surface area contributed by atoms with Crippen LogP contribution in [0.1, 0.15) is 33.4 Å². The number of piperazine rings is 1. The van der Waals surface area contributed by atoms with E-state index in [0.717, 1.165) is 5.56 Å². The molecule has 1 aromatic carbocycles. The third-order valence-corrected chi connectivity index (χ3v) is 4.87. The molecule has 1 fully saturated rings. The van der Waals surface area contributed by atoms with Crippen molar-refractivity contribution in [3.05, 3.63) is 53.5 Å². The van der Waals surface area contributed by atoms with Crippen LogP contribution in [-0.4, -0.2) is 66.3 Å². The van der Waals surface area contributed by atoms with Gasteiger partial charge in [0.1, 0.15) is 0 Å². The molecule has 30 heavy (non-hydrogen) atoms. The number of ether oxygens (including phenoxy) is 1. The first kappa shape index (κ1) is 21.1. The highest BCUT2D eigenvalue weighted by molar-refractivity contribution is 6.03. The van der Waals surface area contributed by atoms with E-state index in [-0.39, 0.29) is 29.7 Å². The van der Waals surface area contributed by atoms with E-state index >= 15 is 0 Å². The van der Waals surface area contributed by atoms with Gasteiger partial charge in [0, 0.05) is 38.8 Å². The van der Waals surface area contributed by atoms with Crippen LogP contribution in [0, 0.1) is 6.92 Å². The zero-order valence-electron chi connectivity index (χ0n) is 16.8. The number of benzene rings is 1. The summed E-state index contributed by atoms with van der Waals surface area (Å²) in [6.07, 6.45) is 1.40. The Morgan fingerprint density at radius 2 is 1.77 bits per heavy atom. The number of carbonyl (C=O) groups excluding carboxylic acids is 4. The second kappa shape index (κ2) is 9.25. The summed E-state index contributed by atoms with van der Waals surface area (Å²) in [4.78, 5) is 51.4. The lowest BCUT2D eigenvalue weighted by molar-refractivity contribution is -0.140. The number of rotatable bonds is 5. The molecular weight excluding hydrogens is 390 g/mol. The Labute approximate surface area is 173 Å². The molecule has 158 valence electrons. The van der Waals surface area contributed by atoms with E-state index in [2.05, 4.69) is 5.32 Å². The highest BCUT2D eigenvalue weighted by atomic mass is 16.5. The fourth-order valence-corrected chi connectivity index (χ4v) is 3.05. The minimum absolute atomic E-state index is 0.0251. The third-order valence-electron chi connectivity index (χ3n) is 4.87. The monoisotopic (exact) mass is 413 g/mol. The summed E-state index contributed by atoms with van der Waals surface area (Å²) < 4.78 is 10.2. The maximum atomic E-state index is 12.4. The highest BCUT2D eigenvalue weighted by Crippen LogP contribution is 2.19. The van der Waals surface area contributed by atoms with Crippen molar-refractivity contribution in [3.63, 3.8) is 0 Å². The summed E-state index contributed by atoms with van der Waals surface area (Å²) in [6.45, 7) is 4.63. The van der Waals surface area contributed by atoms with Gasteiger partial charge in [-0.15, -0.1) is 0 Å². The fourth-order valence-electron chi connectivity index (χ4n) is 3.05. The molecule has 1 aromatic heterocycles. The van der Waals surface area contributed by atoms with Crippen LogP contribution in [0.2, 0.25) is 0 Å². The normalized spacial score (nSPS) is 13.7. The van der Waals surface area contributed by atoms with Gasteiger partial charge in [-0.25, -0.2) is 4.79 Å². The molecule has 1 saturated heterocycles. The molecule has 9 heteroatoms. The van der Waals surface area contributed by atoms with Crippen molar-refractivity contribution in [2.45, 2.75) is 13.8 Å². The van der Waals surface area contributed by atoms with Crippen LogP contribution in [0.5, 0.6) is 0 Å². The Balaban J connectivity index is 1.56. The molecular formula is C21H23N3O6. The molecule has 2 aromatic rings. The first-order valence-corrected chi connectivity index (χ1v) is 9.51. The van der Waals surface area contributed by atoms with Crippen molar-refractivity contribution in [1.29, 1.82) is 0 Å². The molecule has 0 spiro atoms. The van der Waals surface area contributed by atoms with Gasteiger partial charge in [0.2, 0.25) is 5.91 Å². The van der Waals surface area contributed by atoms with Crippen molar-refractivity contribution < 1.29 is 28.3 Å². The van der Waals surface area contributed by atoms with E-state index in [9.17, 15) is 19.2 Å². The molecule has 2 heterocycles. The molecule has 0 radical (unpaired) electrons. The summed E-state index contributed by atoms with van der Waals surface area (Å²) in [6, 6.07) is 7.87. The minimum Gasteiger partial charge on any atom is -0.459 e. The number of nitrogens with one attached hydrogen (secondary N) is 1. The first-order valence-electron chi connectivity index (χ1n) is 9.51. The average molecular weight is 413 g/mol. The predicted octanol–water partition coefficient (Wildman–Crippen LogP) is 1.69. The minimum atomic E-state index is -0.667. The maximum Gasteiger partial charge on any atom is 0.338 e. The number of anilines is 1. The van der Waals surface area contributed by atoms with Crippen LogP contribution in [0.4, 0.5) is 5.69 Å². The van der Waals surface area contributed by atoms with Gasteiger partial charge in [0.25, 0.3) is 11.8 Å². The highest BCUT2D eigenvalue weighted by Gasteiger charge is 2.23. The summed E-state index contributed by atoms with van der Waals surface area (Å²) in [5, 5.41) is 2.69. The number of amides is 3. The lowest BCUT2D eigenvalue weighted by atomic mass is 10.1. The van der Waals surface area contributed by atoms with E-state index in [1.807, 2.05) is 0 Å². The predicted molar refractivity (Wildman–Crippen MR) is 107 cm³/mol. The zero-order valence-corrected chi connectivity index (χ0v) is 16.8. The summed E-state index contributed by atoms with van der Waals surface area (Å²) in [5.74, 6) is -1.29. The van der Waals surface area contributed by atoms with E-state index in [1.54, 1.807) is 34.9 Å². The van der Waals surface area contributed by atoms with Gasteiger partial charge in [-0.05, 0) is 36.8 Å². The molecule has 3 rings (SSSR count). The van der Waals surface area contributed by atoms with Crippen molar-refractivity contribution >= 4 is 29.4 Å². The van der Waals surface area contributed by atoms with E-state index in [0.29, 0.717) is 31.9 Å². The Hall–Kier alpha value is -3.62. The maximum absolute atomic E-state index is 12.4. The quantitative estimate of drug-likeness (QED) is 0.747. The number of nitrogens with zero attached hydrogens (tertiary/aromatic N) is 2. The van der Waals surface area contributed by atoms with Crippen molar-refractivity contribution in [1.82, 2.24) is 9.80 Å². The molecule has 0 saturated carbocycles. The second-order valence-corrected chi connectivity index (χ2v) is 6.92. The SMILES string of the molecule is CC(=O)N1CCN(C(=O)COC(=O)c2ccc(C)c(NC(=O)c3ccco3)c2)CC1. The molecule has 0 aliphatic carbocycles. The molecule has 0 atom stereocenters. The first-order chi connectivity index (χ1) is 14.3. The summed E-state index contributed by atoms with van der Waals surface area (Å²) in [5.41, 5.74) is 1.41. The van der Waals surface area contributed by atoms with Crippen molar-refractivity contribution in [2.24, 2.45) is 0 Å². The molecule has 9 nitrogen and oxygen atoms in total. The van der Waals surface area contributed by atoms with E-state index < -0.39 is 11.9 Å². The molecule has 1 aliphatic rings. The number of aryl methyl sites for hydroxylation is 1. The zero-order chi connectivity index (χ0) is 21.7.